The third-order valence-electron chi connectivity index (χ3n) is 25.8. The number of ether oxygens (including phenoxy) is 24. The fourth-order valence-corrected chi connectivity index (χ4v) is 20.3. The predicted octanol–water partition coefficient (Wildman–Crippen LogP) is 25.6. The van der Waals surface area contributed by atoms with E-state index in [1.807, 2.05) is 194 Å². The van der Waals surface area contributed by atoms with E-state index >= 15 is 0 Å². The summed E-state index contributed by atoms with van der Waals surface area (Å²) < 4.78 is 157. The van der Waals surface area contributed by atoms with Crippen LogP contribution in [0.4, 0.5) is 0 Å². The Morgan fingerprint density at radius 3 is 0.333 bits per heavy atom. The number of hydrogen-bond acceptors (Lipinski definition) is 24. The van der Waals surface area contributed by atoms with Gasteiger partial charge >= 0.3 is 0 Å². The van der Waals surface area contributed by atoms with Crippen LogP contribution in [0.2, 0.25) is 0 Å². The van der Waals surface area contributed by atoms with Crippen LogP contribution in [-0.2, 0) is 37.9 Å². The second-order valence-electron chi connectivity index (χ2n) is 34.1. The third kappa shape index (κ3) is 17.9. The highest BCUT2D eigenvalue weighted by molar-refractivity contribution is 6.14. The van der Waals surface area contributed by atoms with Crippen molar-refractivity contribution in [2.45, 2.75) is 0 Å². The molecule has 144 heavy (non-hydrogen) atoms. The van der Waals surface area contributed by atoms with Crippen molar-refractivity contribution < 1.29 is 114 Å². The second-order valence-corrected chi connectivity index (χ2v) is 34.1. The molecule has 16 aromatic rings. The molecule has 0 N–H and O–H groups in total. The van der Waals surface area contributed by atoms with Gasteiger partial charge in [0, 0.05) is 146 Å². The second kappa shape index (κ2) is 43.2. The Balaban J connectivity index is 0.762. The Kier molecular flexibility index (Phi) is 28.3. The smallest absolute Gasteiger partial charge is 0.188 e. The maximum Gasteiger partial charge on any atom is 0.188 e. The van der Waals surface area contributed by atoms with Gasteiger partial charge in [-0.05, 0) is 186 Å². The highest BCUT2D eigenvalue weighted by Crippen LogP contribution is 2.64. The summed E-state index contributed by atoms with van der Waals surface area (Å²) in [7, 11) is 12.8. The predicted molar refractivity (Wildman–Crippen MR) is 551 cm³/mol. The molecule has 1 heterocycles. The Morgan fingerprint density at radius 2 is 0.229 bits per heavy atom. The van der Waals surface area contributed by atoms with Crippen LogP contribution in [0.25, 0.3) is 178 Å². The first kappa shape index (κ1) is 94.3. The molecular weight excluding hydrogens is 1830 g/mol. The number of rotatable bonds is 24. The summed E-state index contributed by atoms with van der Waals surface area (Å²) in [6.45, 7) is -0.114. The minimum atomic E-state index is -0.0444. The van der Waals surface area contributed by atoms with Gasteiger partial charge in [0.05, 0.1) is 0 Å². The molecule has 0 atom stereocenters. The van der Waals surface area contributed by atoms with Crippen LogP contribution in [0, 0.1) is 0 Å². The summed E-state index contributed by atoms with van der Waals surface area (Å²) >= 11 is 0. The topological polar surface area (TPSA) is 222 Å². The quantitative estimate of drug-likeness (QED) is 0.0513. The van der Waals surface area contributed by atoms with Crippen molar-refractivity contribution in [3.63, 3.8) is 0 Å². The molecule has 4 aliphatic carbocycles. The molecule has 1 aliphatic heterocycles. The van der Waals surface area contributed by atoms with Crippen molar-refractivity contribution in [2.75, 3.05) is 164 Å². The van der Waals surface area contributed by atoms with Gasteiger partial charge in [-0.15, -0.1) is 0 Å². The Morgan fingerprint density at radius 1 is 0.132 bits per heavy atom. The van der Waals surface area contributed by atoms with Crippen LogP contribution in [0.5, 0.6) is 92.0 Å². The first-order valence-electron chi connectivity index (χ1n) is 47.4. The van der Waals surface area contributed by atoms with Gasteiger partial charge in [-0.1, -0.05) is 194 Å². The zero-order valence-electron chi connectivity index (χ0n) is 80.8. The molecule has 728 valence electrons. The first-order valence-corrected chi connectivity index (χ1v) is 47.4. The molecule has 0 radical (unpaired) electrons. The fraction of sp³-hybridized carbons (Fsp3) is 0.200. The summed E-state index contributed by atoms with van der Waals surface area (Å²) in [5, 5.41) is 0. The van der Waals surface area contributed by atoms with Gasteiger partial charge in [0.15, 0.2) is 54.3 Å². The van der Waals surface area contributed by atoms with E-state index in [1.165, 1.54) is 0 Å². The molecule has 0 saturated heterocycles. The highest BCUT2D eigenvalue weighted by Gasteiger charge is 2.39. The first-order chi connectivity index (χ1) is 71.3. The summed E-state index contributed by atoms with van der Waals surface area (Å²) in [6, 6.07) is 96.7. The molecule has 0 amide bonds. The van der Waals surface area contributed by atoms with E-state index in [2.05, 4.69) is 97.1 Å². The molecular formula is C120H104O24. The summed E-state index contributed by atoms with van der Waals surface area (Å²) in [6.07, 6.45) is 0. The third-order valence-corrected chi connectivity index (χ3v) is 25.8. The minimum Gasteiger partial charge on any atom is -0.489 e. The van der Waals surface area contributed by atoms with E-state index in [0.29, 0.717) is 92.0 Å². The molecule has 0 aromatic heterocycles. The van der Waals surface area contributed by atoms with Crippen LogP contribution in [0.3, 0.4) is 0 Å². The SMILES string of the molecule is COCOc1cccc2c1-c1c(OCOC)cccc1-c1cccc3c1-c1c(cccc1-2)OCCOc1cccc2c1-c1c(cccc1-c1cccc(OCOC)c1-c1c(OCOC)cccc1-2)OCCOc1cccc2c1-c1c(cccc1-c1cccc(OCOC)c1-c1c(OCOC)cccc1-2)OCCOc1cccc2c1-c1c(cccc1-c1cccc(OCOC)c1-c1c(OCOC)cccc1-2)OCCO3. The van der Waals surface area contributed by atoms with Gasteiger partial charge in [-0.2, -0.15) is 0 Å². The molecule has 0 bridgehead atoms. The average molecular weight is 1930 g/mol. The lowest BCUT2D eigenvalue weighted by Crippen LogP contribution is -2.14. The van der Waals surface area contributed by atoms with Crippen LogP contribution in [0.15, 0.2) is 291 Å². The van der Waals surface area contributed by atoms with Crippen molar-refractivity contribution in [1.29, 1.82) is 0 Å². The van der Waals surface area contributed by atoms with Crippen LogP contribution >= 0.6 is 0 Å². The maximum atomic E-state index is 7.40. The Bertz CT molecular complexity index is 6150. The largest absolute Gasteiger partial charge is 0.489 e. The summed E-state index contributed by atoms with van der Waals surface area (Å²) in [5.41, 5.74) is 24.6. The Hall–Kier alpha value is -16.0. The molecule has 16 aromatic carbocycles. The van der Waals surface area contributed by atoms with E-state index in [1.54, 1.807) is 56.9 Å². The zero-order valence-corrected chi connectivity index (χ0v) is 80.8. The van der Waals surface area contributed by atoms with Crippen LogP contribution < -0.4 is 75.8 Å². The average Bonchev–Trinajstić information content (AvgIpc) is 0.735. The van der Waals surface area contributed by atoms with E-state index in [9.17, 15) is 0 Å². The monoisotopic (exact) mass is 1930 g/mol. The van der Waals surface area contributed by atoms with Crippen molar-refractivity contribution in [1.82, 2.24) is 0 Å². The molecule has 0 spiro atoms. The molecule has 0 unspecified atom stereocenters. The number of methoxy groups -OCH3 is 8. The van der Waals surface area contributed by atoms with E-state index in [4.69, 9.17) is 114 Å². The molecule has 21 rings (SSSR count). The van der Waals surface area contributed by atoms with Gasteiger partial charge in [0.2, 0.25) is 0 Å². The normalized spacial score (nSPS) is 12.8. The van der Waals surface area contributed by atoms with Gasteiger partial charge in [-0.3, -0.25) is 0 Å². The van der Waals surface area contributed by atoms with E-state index in [0.717, 1.165) is 178 Å². The van der Waals surface area contributed by atoms with Gasteiger partial charge < -0.3 is 114 Å². The van der Waals surface area contributed by atoms with Crippen molar-refractivity contribution in [2.24, 2.45) is 0 Å². The highest BCUT2D eigenvalue weighted by atomic mass is 16.7. The Labute approximate surface area is 834 Å². The lowest BCUT2D eigenvalue weighted by Gasteiger charge is -2.29. The van der Waals surface area contributed by atoms with Gasteiger partial charge in [0.1, 0.15) is 145 Å². The standard InChI is InChI=1S/C120H104O24/c1-121-65-137-97-49-17-33-81-73-25-9-41-89-105(73)106-74(82-34-18-50-98(138-66-122-2)114(82)113(81)97)26-10-42-90(106)130-59-60-132-92-44-12-28-76-84-36-20-52-100(140-68-124-4)116(84)118-86(38-22-54-102(118)142-70-126-6)78-30-14-46-94(110(78)108(76)92)134-63-64-136-96-48-16-32-80-88-40-24-56-104(144-72-128-8)120(88)119-87(39-23-55-103(119)143-71-127-7)79-31-15-47-95(111(79)112(80)96)135-62-61-133-93-45-13-29-77-85-37-21-53-101(141-69-125-5)117(85)115-83(35-19-51-99(115)139-67-123-3)75-27-11-43-91(107(75)109(77)93)131-58-57-129-89/h9-56H,57-72H2,1-8H3. The van der Waals surface area contributed by atoms with Crippen LogP contribution in [0.1, 0.15) is 0 Å². The fourth-order valence-electron chi connectivity index (χ4n) is 20.3. The van der Waals surface area contributed by atoms with Gasteiger partial charge in [0.25, 0.3) is 0 Å². The molecule has 5 aliphatic rings. The molecule has 24 heteroatoms. The number of benzene rings is 16. The van der Waals surface area contributed by atoms with Crippen molar-refractivity contribution >= 4 is 0 Å². The summed E-state index contributed by atoms with van der Waals surface area (Å²) in [5.74, 6) is 8.62. The van der Waals surface area contributed by atoms with Crippen LogP contribution in [-0.4, -0.2) is 164 Å². The molecule has 0 saturated carbocycles. The maximum absolute atomic E-state index is 7.40. The van der Waals surface area contributed by atoms with Crippen molar-refractivity contribution in [3.05, 3.63) is 291 Å². The zero-order chi connectivity index (χ0) is 97.9. The van der Waals surface area contributed by atoms with Crippen molar-refractivity contribution in [3.8, 4) is 270 Å². The lowest BCUT2D eigenvalue weighted by molar-refractivity contribution is 0.0501. The van der Waals surface area contributed by atoms with Gasteiger partial charge in [-0.25, -0.2) is 0 Å². The molecule has 0 fully saturated rings. The minimum absolute atomic E-state index is 0.0300. The lowest BCUT2D eigenvalue weighted by atomic mass is 9.79. The summed E-state index contributed by atoms with van der Waals surface area (Å²) in [4.78, 5) is 0. The number of hydrogen-bond donors (Lipinski definition) is 0. The number of fused-ring (bicyclic) bond motifs is 20. The molecule has 24 nitrogen and oxygen atoms in total. The van der Waals surface area contributed by atoms with E-state index < -0.39 is 0 Å². The van der Waals surface area contributed by atoms with E-state index in [-0.39, 0.29) is 107 Å².